The average Bonchev–Trinajstić information content (AvgIpc) is 3.00. The molecule has 74 valence electrons. The van der Waals surface area contributed by atoms with Crippen LogP contribution in [0.4, 0.5) is 0 Å². The van der Waals surface area contributed by atoms with Crippen LogP contribution in [0.3, 0.4) is 0 Å². The van der Waals surface area contributed by atoms with Crippen molar-refractivity contribution in [2.45, 2.75) is 25.7 Å². The number of carbonyl (C=O) groups is 1. The number of amides is 1. The summed E-state index contributed by atoms with van der Waals surface area (Å²) >= 11 is 0. The van der Waals surface area contributed by atoms with Crippen LogP contribution in [-0.4, -0.2) is 5.91 Å². The zero-order valence-electron chi connectivity index (χ0n) is 8.21. The molecule has 1 amide bonds. The van der Waals surface area contributed by atoms with Crippen LogP contribution in [-0.2, 0) is 0 Å². The molecule has 1 saturated carbocycles. The third-order valence-electron chi connectivity index (χ3n) is 2.60. The predicted molar refractivity (Wildman–Crippen MR) is 54.8 cm³/mol. The summed E-state index contributed by atoms with van der Waals surface area (Å²) in [4.78, 5) is 11.4. The van der Waals surface area contributed by atoms with Crippen LogP contribution < -0.4 is 11.3 Å². The second-order valence-corrected chi connectivity index (χ2v) is 3.84. The fraction of sp³-hybridized carbons (Fsp3) is 0.364. The number of rotatable bonds is 2. The molecule has 0 aliphatic heterocycles. The van der Waals surface area contributed by atoms with Gasteiger partial charge in [0.05, 0.1) is 0 Å². The van der Waals surface area contributed by atoms with E-state index < -0.39 is 0 Å². The summed E-state index contributed by atoms with van der Waals surface area (Å²) < 4.78 is 0. The van der Waals surface area contributed by atoms with Crippen LogP contribution in [0.2, 0.25) is 0 Å². The first-order chi connectivity index (χ1) is 6.72. The Balaban J connectivity index is 2.42. The number of carbonyl (C=O) groups excluding carboxylic acids is 1. The highest BCUT2D eigenvalue weighted by molar-refractivity contribution is 5.95. The number of hydrazine groups is 1. The van der Waals surface area contributed by atoms with Crippen molar-refractivity contribution < 1.29 is 4.79 Å². The molecule has 3 nitrogen and oxygen atoms in total. The minimum Gasteiger partial charge on any atom is -0.290 e. The van der Waals surface area contributed by atoms with E-state index >= 15 is 0 Å². The third-order valence-corrected chi connectivity index (χ3v) is 2.60. The monoisotopic (exact) mass is 190 g/mol. The highest BCUT2D eigenvalue weighted by atomic mass is 16.2. The molecule has 1 aromatic carbocycles. The van der Waals surface area contributed by atoms with Gasteiger partial charge in [-0.25, -0.2) is 5.84 Å². The molecule has 0 unspecified atom stereocenters. The van der Waals surface area contributed by atoms with Gasteiger partial charge in [0.1, 0.15) is 0 Å². The van der Waals surface area contributed by atoms with Crippen LogP contribution in [0.15, 0.2) is 18.2 Å². The predicted octanol–water partition coefficient (Wildman–Crippen LogP) is 1.48. The molecule has 2 rings (SSSR count). The summed E-state index contributed by atoms with van der Waals surface area (Å²) in [6.45, 7) is 2.04. The highest BCUT2D eigenvalue weighted by Crippen LogP contribution is 2.41. The smallest absolute Gasteiger partial charge is 0.265 e. The lowest BCUT2D eigenvalue weighted by Crippen LogP contribution is -2.30. The highest BCUT2D eigenvalue weighted by Gasteiger charge is 2.27. The van der Waals surface area contributed by atoms with Gasteiger partial charge in [0.2, 0.25) is 0 Å². The van der Waals surface area contributed by atoms with Gasteiger partial charge in [0, 0.05) is 5.56 Å². The zero-order chi connectivity index (χ0) is 10.1. The Labute approximate surface area is 83.3 Å². The molecule has 0 aromatic heterocycles. The van der Waals surface area contributed by atoms with Crippen molar-refractivity contribution in [3.63, 3.8) is 0 Å². The van der Waals surface area contributed by atoms with Gasteiger partial charge in [-0.15, -0.1) is 0 Å². The van der Waals surface area contributed by atoms with E-state index in [1.807, 2.05) is 19.1 Å². The van der Waals surface area contributed by atoms with E-state index in [0.29, 0.717) is 5.92 Å². The SMILES string of the molecule is Cc1ccc(C(=O)NN)c(C2CC2)c1. The number of hydrogen-bond donors (Lipinski definition) is 2. The lowest BCUT2D eigenvalue weighted by molar-refractivity contribution is 0.0952. The van der Waals surface area contributed by atoms with Gasteiger partial charge in [-0.3, -0.25) is 10.2 Å². The fourth-order valence-electron chi connectivity index (χ4n) is 1.70. The zero-order valence-corrected chi connectivity index (χ0v) is 8.21. The van der Waals surface area contributed by atoms with Crippen LogP contribution >= 0.6 is 0 Å². The molecule has 0 radical (unpaired) electrons. The molecule has 0 heterocycles. The maximum atomic E-state index is 11.4. The summed E-state index contributed by atoms with van der Waals surface area (Å²) in [5.41, 5.74) is 5.25. The van der Waals surface area contributed by atoms with E-state index in [-0.39, 0.29) is 5.91 Å². The van der Waals surface area contributed by atoms with Crippen LogP contribution in [0.1, 0.15) is 40.2 Å². The molecule has 0 saturated heterocycles. The van der Waals surface area contributed by atoms with E-state index in [1.54, 1.807) is 0 Å². The van der Waals surface area contributed by atoms with Crippen molar-refractivity contribution in [2.24, 2.45) is 5.84 Å². The van der Waals surface area contributed by atoms with Crippen molar-refractivity contribution in [1.82, 2.24) is 5.43 Å². The Kier molecular flexibility index (Phi) is 2.25. The maximum Gasteiger partial charge on any atom is 0.265 e. The third kappa shape index (κ3) is 1.63. The van der Waals surface area contributed by atoms with Gasteiger partial charge in [0.15, 0.2) is 0 Å². The first-order valence-corrected chi connectivity index (χ1v) is 4.84. The van der Waals surface area contributed by atoms with Crippen LogP contribution in [0.5, 0.6) is 0 Å². The van der Waals surface area contributed by atoms with Crippen molar-refractivity contribution in [3.8, 4) is 0 Å². The molecule has 1 aliphatic carbocycles. The Hall–Kier alpha value is -1.35. The van der Waals surface area contributed by atoms with Gasteiger partial charge in [0.25, 0.3) is 5.91 Å². The number of nitrogens with one attached hydrogen (secondary N) is 1. The Morgan fingerprint density at radius 1 is 1.50 bits per heavy atom. The van der Waals surface area contributed by atoms with E-state index in [2.05, 4.69) is 11.5 Å². The van der Waals surface area contributed by atoms with Gasteiger partial charge in [-0.2, -0.15) is 0 Å². The molecule has 0 bridgehead atoms. The summed E-state index contributed by atoms with van der Waals surface area (Å²) in [7, 11) is 0. The average molecular weight is 190 g/mol. The minimum absolute atomic E-state index is 0.188. The van der Waals surface area contributed by atoms with Gasteiger partial charge >= 0.3 is 0 Å². The lowest BCUT2D eigenvalue weighted by Gasteiger charge is -2.07. The van der Waals surface area contributed by atoms with E-state index in [4.69, 9.17) is 5.84 Å². The lowest BCUT2D eigenvalue weighted by atomic mass is 10.0. The normalized spacial score (nSPS) is 15.3. The van der Waals surface area contributed by atoms with E-state index in [9.17, 15) is 4.79 Å². The summed E-state index contributed by atoms with van der Waals surface area (Å²) in [6.07, 6.45) is 2.38. The molecule has 1 aromatic rings. The molecule has 14 heavy (non-hydrogen) atoms. The van der Waals surface area contributed by atoms with Crippen molar-refractivity contribution in [1.29, 1.82) is 0 Å². The molecule has 3 heteroatoms. The Morgan fingerprint density at radius 3 is 2.79 bits per heavy atom. The molecular weight excluding hydrogens is 176 g/mol. The maximum absolute atomic E-state index is 11.4. The number of benzene rings is 1. The molecule has 0 atom stereocenters. The largest absolute Gasteiger partial charge is 0.290 e. The topological polar surface area (TPSA) is 55.1 Å². The summed E-state index contributed by atoms with van der Waals surface area (Å²) in [6, 6.07) is 5.88. The van der Waals surface area contributed by atoms with Crippen LogP contribution in [0.25, 0.3) is 0 Å². The van der Waals surface area contributed by atoms with Crippen molar-refractivity contribution in [2.75, 3.05) is 0 Å². The number of hydrogen-bond acceptors (Lipinski definition) is 2. The number of aryl methyl sites for hydroxylation is 1. The second-order valence-electron chi connectivity index (χ2n) is 3.84. The Bertz CT molecular complexity index is 370. The summed E-state index contributed by atoms with van der Waals surface area (Å²) in [5.74, 6) is 5.52. The first-order valence-electron chi connectivity index (χ1n) is 4.84. The molecule has 1 fully saturated rings. The van der Waals surface area contributed by atoms with Crippen LogP contribution in [0, 0.1) is 6.92 Å². The molecular formula is C11H14N2O. The quantitative estimate of drug-likeness (QED) is 0.421. The summed E-state index contributed by atoms with van der Waals surface area (Å²) in [5, 5.41) is 0. The van der Waals surface area contributed by atoms with E-state index in [0.717, 1.165) is 11.1 Å². The van der Waals surface area contributed by atoms with Gasteiger partial charge in [-0.05, 0) is 37.3 Å². The molecule has 0 spiro atoms. The van der Waals surface area contributed by atoms with Gasteiger partial charge in [-0.1, -0.05) is 17.7 Å². The standard InChI is InChI=1S/C11H14N2O/c1-7-2-5-9(11(14)13-12)10(6-7)8-3-4-8/h2,5-6,8H,3-4,12H2,1H3,(H,13,14). The number of nitrogen functional groups attached to an aromatic ring is 1. The van der Waals surface area contributed by atoms with E-state index in [1.165, 1.54) is 18.4 Å². The minimum atomic E-state index is -0.188. The fourth-order valence-corrected chi connectivity index (χ4v) is 1.70. The molecule has 3 N–H and O–H groups in total. The first kappa shape index (κ1) is 9.21. The second kappa shape index (κ2) is 3.42. The van der Waals surface area contributed by atoms with Crippen molar-refractivity contribution >= 4 is 5.91 Å². The van der Waals surface area contributed by atoms with Crippen molar-refractivity contribution in [3.05, 3.63) is 34.9 Å². The number of nitrogens with two attached hydrogens (primary N) is 1. The van der Waals surface area contributed by atoms with Gasteiger partial charge < -0.3 is 0 Å². The Morgan fingerprint density at radius 2 is 2.21 bits per heavy atom. The molecule has 1 aliphatic rings.